The summed E-state index contributed by atoms with van der Waals surface area (Å²) in [4.78, 5) is 18.8. The summed E-state index contributed by atoms with van der Waals surface area (Å²) in [5, 5.41) is 0. The minimum absolute atomic E-state index is 0.0929. The third-order valence-electron chi connectivity index (χ3n) is 6.09. The van der Waals surface area contributed by atoms with Gasteiger partial charge in [-0.1, -0.05) is 12.5 Å². The van der Waals surface area contributed by atoms with Crippen LogP contribution >= 0.6 is 0 Å². The quantitative estimate of drug-likeness (QED) is 0.745. The Bertz CT molecular complexity index is 623. The predicted molar refractivity (Wildman–Crippen MR) is 94.0 cm³/mol. The van der Waals surface area contributed by atoms with Gasteiger partial charge in [0.05, 0.1) is 25.4 Å². The van der Waals surface area contributed by atoms with Gasteiger partial charge in [0.25, 0.3) is 0 Å². The molecule has 5 nitrogen and oxygen atoms in total. The van der Waals surface area contributed by atoms with Crippen LogP contribution in [0.5, 0.6) is 0 Å². The molecule has 3 fully saturated rings. The first-order valence-corrected chi connectivity index (χ1v) is 9.59. The highest BCUT2D eigenvalue weighted by molar-refractivity contribution is 5.80. The normalized spacial score (nSPS) is 25.0. The summed E-state index contributed by atoms with van der Waals surface area (Å²) in [6.07, 6.45) is 5.44. The largest absolute Gasteiger partial charge is 0.375 e. The lowest BCUT2D eigenvalue weighted by atomic mass is 9.77. The molecule has 3 heterocycles. The maximum atomic E-state index is 12.3. The molecule has 136 valence electrons. The number of carbonyl (C=O) groups excluding carboxylic acids is 1. The molecule has 1 saturated carbocycles. The van der Waals surface area contributed by atoms with Crippen molar-refractivity contribution in [1.29, 1.82) is 0 Å². The number of hydrogen-bond acceptors (Lipinski definition) is 4. The van der Waals surface area contributed by atoms with Gasteiger partial charge in [-0.05, 0) is 50.7 Å². The highest BCUT2D eigenvalue weighted by Gasteiger charge is 2.54. The third kappa shape index (κ3) is 3.44. The van der Waals surface area contributed by atoms with Crippen molar-refractivity contribution in [3.8, 4) is 0 Å². The zero-order chi connectivity index (χ0) is 17.3. The summed E-state index contributed by atoms with van der Waals surface area (Å²) in [6.45, 7) is 5.67. The molecule has 0 unspecified atom stereocenters. The summed E-state index contributed by atoms with van der Waals surface area (Å²) in [7, 11) is 0. The van der Waals surface area contributed by atoms with Crippen LogP contribution in [0.25, 0.3) is 0 Å². The minimum Gasteiger partial charge on any atom is -0.375 e. The van der Waals surface area contributed by atoms with E-state index in [9.17, 15) is 4.79 Å². The molecule has 5 heteroatoms. The minimum atomic E-state index is -0.0929. The van der Waals surface area contributed by atoms with Gasteiger partial charge in [0, 0.05) is 24.8 Å². The zero-order valence-corrected chi connectivity index (χ0v) is 15.1. The molecule has 4 rings (SSSR count). The first kappa shape index (κ1) is 17.0. The van der Waals surface area contributed by atoms with Gasteiger partial charge in [0.1, 0.15) is 5.60 Å². The molecule has 1 spiro atoms. The lowest BCUT2D eigenvalue weighted by Gasteiger charge is -2.51. The average molecular weight is 344 g/mol. The van der Waals surface area contributed by atoms with E-state index in [0.29, 0.717) is 24.3 Å². The lowest BCUT2D eigenvalue weighted by molar-refractivity contribution is -0.172. The lowest BCUT2D eigenvalue weighted by Crippen LogP contribution is -2.67. The third-order valence-corrected chi connectivity index (χ3v) is 6.09. The summed E-state index contributed by atoms with van der Waals surface area (Å²) >= 11 is 0. The van der Waals surface area contributed by atoms with Crippen molar-refractivity contribution >= 4 is 5.91 Å². The maximum absolute atomic E-state index is 12.3. The van der Waals surface area contributed by atoms with Crippen LogP contribution in [-0.4, -0.2) is 47.7 Å². The molecule has 1 aromatic rings. The van der Waals surface area contributed by atoms with Gasteiger partial charge in [0.15, 0.2) is 0 Å². The molecule has 2 saturated heterocycles. The number of ether oxygens (including phenoxy) is 2. The zero-order valence-electron chi connectivity index (χ0n) is 15.1. The number of likely N-dealkylation sites (tertiary alicyclic amines) is 1. The molecule has 0 aromatic carbocycles. The molecular weight excluding hydrogens is 316 g/mol. The number of aromatic nitrogens is 1. The second-order valence-electron chi connectivity index (χ2n) is 7.83. The van der Waals surface area contributed by atoms with Crippen LogP contribution in [-0.2, 0) is 20.9 Å². The van der Waals surface area contributed by atoms with Crippen LogP contribution in [0.1, 0.15) is 43.5 Å². The van der Waals surface area contributed by atoms with Crippen LogP contribution in [0.2, 0.25) is 0 Å². The standard InChI is InChI=1S/C20H28N2O3/c1-15-4-2-7-18(21-15)12-24-10-8-17-9-11-25-20(17)13-22(14-20)19(23)16-5-3-6-16/h2,4,7,16-17H,3,5-6,8-14H2,1H3/t17-/m1/s1. The fourth-order valence-electron chi connectivity index (χ4n) is 4.29. The number of aryl methyl sites for hydroxylation is 1. The van der Waals surface area contributed by atoms with Crippen molar-refractivity contribution in [2.45, 2.75) is 51.2 Å². The van der Waals surface area contributed by atoms with Gasteiger partial charge in [-0.15, -0.1) is 0 Å². The van der Waals surface area contributed by atoms with Crippen LogP contribution in [0.4, 0.5) is 0 Å². The van der Waals surface area contributed by atoms with Crippen LogP contribution in [0.3, 0.4) is 0 Å². The van der Waals surface area contributed by atoms with Crippen molar-refractivity contribution < 1.29 is 14.3 Å². The Hall–Kier alpha value is -1.46. The van der Waals surface area contributed by atoms with E-state index in [1.165, 1.54) is 6.42 Å². The van der Waals surface area contributed by atoms with Gasteiger partial charge in [-0.3, -0.25) is 9.78 Å². The van der Waals surface area contributed by atoms with Crippen LogP contribution in [0, 0.1) is 18.8 Å². The predicted octanol–water partition coefficient (Wildman–Crippen LogP) is 2.71. The van der Waals surface area contributed by atoms with Crippen molar-refractivity contribution in [2.24, 2.45) is 11.8 Å². The van der Waals surface area contributed by atoms with E-state index in [0.717, 1.165) is 63.4 Å². The van der Waals surface area contributed by atoms with E-state index in [4.69, 9.17) is 9.47 Å². The molecular formula is C20H28N2O3. The molecule has 0 N–H and O–H groups in total. The fourth-order valence-corrected chi connectivity index (χ4v) is 4.29. The summed E-state index contributed by atoms with van der Waals surface area (Å²) < 4.78 is 11.9. The van der Waals surface area contributed by atoms with Gasteiger partial charge in [-0.25, -0.2) is 0 Å². The van der Waals surface area contributed by atoms with Crippen molar-refractivity contribution in [2.75, 3.05) is 26.3 Å². The van der Waals surface area contributed by atoms with E-state index in [1.54, 1.807) is 0 Å². The SMILES string of the molecule is Cc1cccc(COCC[C@@H]2CCOC23CN(C(=O)C2CCC2)C3)n1. The number of rotatable bonds is 6. The molecule has 1 amide bonds. The highest BCUT2D eigenvalue weighted by Crippen LogP contribution is 2.43. The van der Waals surface area contributed by atoms with Crippen molar-refractivity contribution in [3.63, 3.8) is 0 Å². The molecule has 0 radical (unpaired) electrons. The fraction of sp³-hybridized carbons (Fsp3) is 0.700. The van der Waals surface area contributed by atoms with Gasteiger partial charge in [0.2, 0.25) is 5.91 Å². The maximum Gasteiger partial charge on any atom is 0.225 e. The summed E-state index contributed by atoms with van der Waals surface area (Å²) in [5.41, 5.74) is 1.91. The molecule has 1 atom stereocenters. The number of carbonyl (C=O) groups is 1. The second-order valence-corrected chi connectivity index (χ2v) is 7.83. The number of nitrogens with zero attached hydrogens (tertiary/aromatic N) is 2. The Morgan fingerprint density at radius 3 is 2.92 bits per heavy atom. The Labute approximate surface area is 149 Å². The second kappa shape index (κ2) is 7.04. The number of amides is 1. The number of pyridine rings is 1. The molecule has 25 heavy (non-hydrogen) atoms. The van der Waals surface area contributed by atoms with E-state index in [-0.39, 0.29) is 5.60 Å². The Kier molecular flexibility index (Phi) is 4.78. The van der Waals surface area contributed by atoms with Crippen molar-refractivity contribution in [3.05, 3.63) is 29.6 Å². The van der Waals surface area contributed by atoms with Crippen molar-refractivity contribution in [1.82, 2.24) is 9.88 Å². The molecule has 1 aromatic heterocycles. The monoisotopic (exact) mass is 344 g/mol. The number of hydrogen-bond donors (Lipinski definition) is 0. The Balaban J connectivity index is 1.22. The molecule has 0 bridgehead atoms. The van der Waals surface area contributed by atoms with Crippen LogP contribution < -0.4 is 0 Å². The van der Waals surface area contributed by atoms with E-state index in [2.05, 4.69) is 4.98 Å². The summed E-state index contributed by atoms with van der Waals surface area (Å²) in [5.74, 6) is 1.15. The molecule has 1 aliphatic carbocycles. The Morgan fingerprint density at radius 1 is 1.36 bits per heavy atom. The van der Waals surface area contributed by atoms with E-state index < -0.39 is 0 Å². The summed E-state index contributed by atoms with van der Waals surface area (Å²) in [6, 6.07) is 6.02. The smallest absolute Gasteiger partial charge is 0.225 e. The van der Waals surface area contributed by atoms with Gasteiger partial charge in [-0.2, -0.15) is 0 Å². The topological polar surface area (TPSA) is 51.7 Å². The molecule has 3 aliphatic rings. The van der Waals surface area contributed by atoms with Gasteiger partial charge < -0.3 is 14.4 Å². The first-order chi connectivity index (χ1) is 12.2. The molecule has 2 aliphatic heterocycles. The highest BCUT2D eigenvalue weighted by atomic mass is 16.5. The average Bonchev–Trinajstić information content (AvgIpc) is 2.92. The van der Waals surface area contributed by atoms with Crippen LogP contribution in [0.15, 0.2) is 18.2 Å². The Morgan fingerprint density at radius 2 is 2.20 bits per heavy atom. The first-order valence-electron chi connectivity index (χ1n) is 9.59. The van der Waals surface area contributed by atoms with E-state index >= 15 is 0 Å². The van der Waals surface area contributed by atoms with Gasteiger partial charge >= 0.3 is 0 Å². The van der Waals surface area contributed by atoms with E-state index in [1.807, 2.05) is 30.0 Å².